The summed E-state index contributed by atoms with van der Waals surface area (Å²) in [4.78, 5) is 35.6. The van der Waals surface area contributed by atoms with Gasteiger partial charge in [-0.2, -0.15) is 4.98 Å². The van der Waals surface area contributed by atoms with Gasteiger partial charge in [0.05, 0.1) is 12.0 Å². The fourth-order valence-electron chi connectivity index (χ4n) is 3.04. The van der Waals surface area contributed by atoms with Crippen molar-refractivity contribution in [1.82, 2.24) is 15.0 Å². The Balaban J connectivity index is 1.70. The zero-order valence-electron chi connectivity index (χ0n) is 13.6. The van der Waals surface area contributed by atoms with Crippen molar-refractivity contribution >= 4 is 28.5 Å². The topological polar surface area (TPSA) is 97.0 Å². The maximum absolute atomic E-state index is 12.5. The number of ketones is 1. The van der Waals surface area contributed by atoms with Crippen molar-refractivity contribution in [2.24, 2.45) is 0 Å². The van der Waals surface area contributed by atoms with Crippen molar-refractivity contribution in [2.45, 2.75) is 19.8 Å². The molecule has 0 saturated heterocycles. The van der Waals surface area contributed by atoms with Crippen LogP contribution in [-0.2, 0) is 6.42 Å². The maximum atomic E-state index is 12.5. The summed E-state index contributed by atoms with van der Waals surface area (Å²) in [5.74, 6) is 1.11. The minimum Gasteiger partial charge on any atom is -0.494 e. The number of anilines is 2. The molecule has 3 aromatic rings. The Morgan fingerprint density at radius 2 is 2.00 bits per heavy atom. The molecule has 1 aliphatic rings. The molecular formula is C18H16N4O3. The molecule has 0 bridgehead atoms. The van der Waals surface area contributed by atoms with E-state index in [1.54, 1.807) is 0 Å². The lowest BCUT2D eigenvalue weighted by molar-refractivity contribution is 0.0994. The Kier molecular flexibility index (Phi) is 3.68. The molecule has 0 spiro atoms. The standard InChI is InChI=1S/C18H16N4O3/c1-2-25-11-5-3-10(4-6-11)20-18-21-16-15(17(24)22-18)12-7-8-14(23)13(12)9-19-16/h3-6,9H,2,7-8H2,1H3,(H2,19,20,21,22,24). The van der Waals surface area contributed by atoms with Gasteiger partial charge in [0.25, 0.3) is 5.56 Å². The number of pyridine rings is 1. The first-order chi connectivity index (χ1) is 12.2. The number of nitrogens with zero attached hydrogens (tertiary/aromatic N) is 2. The van der Waals surface area contributed by atoms with Gasteiger partial charge in [0.1, 0.15) is 5.75 Å². The summed E-state index contributed by atoms with van der Waals surface area (Å²) in [6, 6.07) is 7.34. The molecule has 25 heavy (non-hydrogen) atoms. The van der Waals surface area contributed by atoms with Crippen molar-refractivity contribution in [3.63, 3.8) is 0 Å². The number of aromatic nitrogens is 3. The highest BCUT2D eigenvalue weighted by atomic mass is 16.5. The van der Waals surface area contributed by atoms with Crippen molar-refractivity contribution in [2.75, 3.05) is 11.9 Å². The molecule has 0 amide bonds. The summed E-state index contributed by atoms with van der Waals surface area (Å²) >= 11 is 0. The monoisotopic (exact) mass is 336 g/mol. The molecule has 0 saturated carbocycles. The van der Waals surface area contributed by atoms with Crippen LogP contribution in [0.25, 0.3) is 11.0 Å². The normalized spacial score (nSPS) is 13.1. The van der Waals surface area contributed by atoms with Crippen LogP contribution < -0.4 is 15.6 Å². The maximum Gasteiger partial charge on any atom is 0.262 e. The number of hydrogen-bond acceptors (Lipinski definition) is 6. The summed E-state index contributed by atoms with van der Waals surface area (Å²) in [5, 5.41) is 3.46. The number of carbonyl (C=O) groups is 1. The molecule has 2 N–H and O–H groups in total. The van der Waals surface area contributed by atoms with E-state index in [2.05, 4.69) is 20.3 Å². The number of rotatable bonds is 4. The predicted molar refractivity (Wildman–Crippen MR) is 93.7 cm³/mol. The van der Waals surface area contributed by atoms with E-state index in [0.717, 1.165) is 17.0 Å². The molecule has 2 aromatic heterocycles. The third-order valence-electron chi connectivity index (χ3n) is 4.17. The van der Waals surface area contributed by atoms with Gasteiger partial charge >= 0.3 is 0 Å². The van der Waals surface area contributed by atoms with Crippen molar-refractivity contribution in [3.8, 4) is 5.75 Å². The highest BCUT2D eigenvalue weighted by Gasteiger charge is 2.24. The fourth-order valence-corrected chi connectivity index (χ4v) is 3.04. The SMILES string of the molecule is CCOc1ccc(Nc2nc3ncc4c(c3c(=O)[nH]2)CCC4=O)cc1. The van der Waals surface area contributed by atoms with Crippen molar-refractivity contribution in [1.29, 1.82) is 0 Å². The van der Waals surface area contributed by atoms with Crippen LogP contribution in [0, 0.1) is 0 Å². The number of carbonyl (C=O) groups excluding carboxylic acids is 1. The number of H-pyrrole nitrogens is 1. The van der Waals surface area contributed by atoms with E-state index in [9.17, 15) is 9.59 Å². The molecule has 4 rings (SSSR count). The Morgan fingerprint density at radius 1 is 1.20 bits per heavy atom. The number of benzene rings is 1. The van der Waals surface area contributed by atoms with Crippen LogP contribution in [0.2, 0.25) is 0 Å². The first-order valence-corrected chi connectivity index (χ1v) is 8.10. The fraction of sp³-hybridized carbons (Fsp3) is 0.222. The van der Waals surface area contributed by atoms with E-state index in [1.165, 1.54) is 6.20 Å². The first kappa shape index (κ1) is 15.3. The average Bonchev–Trinajstić information content (AvgIpc) is 2.98. The highest BCUT2D eigenvalue weighted by Crippen LogP contribution is 2.26. The minimum atomic E-state index is -0.294. The predicted octanol–water partition coefficient (Wildman–Crippen LogP) is 2.59. The summed E-state index contributed by atoms with van der Waals surface area (Å²) < 4.78 is 5.40. The van der Waals surface area contributed by atoms with Crippen LogP contribution in [-0.4, -0.2) is 27.3 Å². The van der Waals surface area contributed by atoms with Gasteiger partial charge in [-0.3, -0.25) is 14.6 Å². The van der Waals surface area contributed by atoms with E-state index in [1.807, 2.05) is 31.2 Å². The second-order valence-corrected chi connectivity index (χ2v) is 5.77. The van der Waals surface area contributed by atoms with Crippen LogP contribution in [0.1, 0.15) is 29.3 Å². The quantitative estimate of drug-likeness (QED) is 0.760. The molecular weight excluding hydrogens is 320 g/mol. The van der Waals surface area contributed by atoms with E-state index in [4.69, 9.17) is 4.74 Å². The van der Waals surface area contributed by atoms with E-state index in [-0.39, 0.29) is 11.3 Å². The highest BCUT2D eigenvalue weighted by molar-refractivity contribution is 6.04. The molecule has 2 heterocycles. The number of aryl methyl sites for hydroxylation is 1. The molecule has 7 heteroatoms. The molecule has 0 fully saturated rings. The third kappa shape index (κ3) is 2.73. The molecule has 0 radical (unpaired) electrons. The summed E-state index contributed by atoms with van der Waals surface area (Å²) in [7, 11) is 0. The molecule has 126 valence electrons. The van der Waals surface area contributed by atoms with Gasteiger partial charge in [0.15, 0.2) is 11.4 Å². The molecule has 0 unspecified atom stereocenters. The largest absolute Gasteiger partial charge is 0.494 e. The van der Waals surface area contributed by atoms with Crippen molar-refractivity contribution in [3.05, 3.63) is 51.9 Å². The smallest absolute Gasteiger partial charge is 0.262 e. The molecule has 0 aliphatic heterocycles. The van der Waals surface area contributed by atoms with E-state index < -0.39 is 0 Å². The second-order valence-electron chi connectivity index (χ2n) is 5.77. The number of ether oxygens (including phenoxy) is 1. The minimum absolute atomic E-state index is 0.0281. The Labute approximate surface area is 143 Å². The van der Waals surface area contributed by atoms with Crippen LogP contribution in [0.15, 0.2) is 35.3 Å². The Hall–Kier alpha value is -3.22. The van der Waals surface area contributed by atoms with Gasteiger partial charge in [-0.15, -0.1) is 0 Å². The zero-order chi connectivity index (χ0) is 17.4. The second kappa shape index (κ2) is 6.01. The van der Waals surface area contributed by atoms with Crippen LogP contribution in [0.5, 0.6) is 5.75 Å². The Bertz CT molecular complexity index is 1020. The number of Topliss-reactive ketones (excluding diaryl/α,β-unsaturated/α-hetero) is 1. The number of fused-ring (bicyclic) bond motifs is 3. The summed E-state index contributed by atoms with van der Waals surface area (Å²) in [5.41, 5.74) is 2.09. The molecule has 7 nitrogen and oxygen atoms in total. The Morgan fingerprint density at radius 3 is 2.76 bits per heavy atom. The van der Waals surface area contributed by atoms with Gasteiger partial charge in [-0.1, -0.05) is 0 Å². The number of hydrogen-bond donors (Lipinski definition) is 2. The van der Waals surface area contributed by atoms with Gasteiger partial charge in [0.2, 0.25) is 5.95 Å². The lowest BCUT2D eigenvalue weighted by Crippen LogP contribution is -2.14. The summed E-state index contributed by atoms with van der Waals surface area (Å²) in [6.45, 7) is 2.53. The number of nitrogens with one attached hydrogen (secondary N) is 2. The van der Waals surface area contributed by atoms with E-state index >= 15 is 0 Å². The lowest BCUT2D eigenvalue weighted by atomic mass is 10.1. The van der Waals surface area contributed by atoms with Gasteiger partial charge in [-0.05, 0) is 43.2 Å². The lowest BCUT2D eigenvalue weighted by Gasteiger charge is -2.08. The molecule has 1 aliphatic carbocycles. The van der Waals surface area contributed by atoms with Crippen LogP contribution in [0.3, 0.4) is 0 Å². The van der Waals surface area contributed by atoms with Gasteiger partial charge < -0.3 is 10.1 Å². The first-order valence-electron chi connectivity index (χ1n) is 8.10. The van der Waals surface area contributed by atoms with Crippen LogP contribution in [0.4, 0.5) is 11.6 Å². The average molecular weight is 336 g/mol. The number of aromatic amines is 1. The van der Waals surface area contributed by atoms with E-state index in [0.29, 0.717) is 42.0 Å². The van der Waals surface area contributed by atoms with Gasteiger partial charge in [0, 0.05) is 23.9 Å². The van der Waals surface area contributed by atoms with Crippen LogP contribution >= 0.6 is 0 Å². The zero-order valence-corrected chi connectivity index (χ0v) is 13.6. The molecule has 1 aromatic carbocycles. The van der Waals surface area contributed by atoms with Crippen molar-refractivity contribution < 1.29 is 9.53 Å². The molecule has 0 atom stereocenters. The van der Waals surface area contributed by atoms with Gasteiger partial charge in [-0.25, -0.2) is 4.98 Å². The summed E-state index contributed by atoms with van der Waals surface area (Å²) in [6.07, 6.45) is 2.49. The third-order valence-corrected chi connectivity index (χ3v) is 4.17.